The Morgan fingerprint density at radius 3 is 2.90 bits per heavy atom. The summed E-state index contributed by atoms with van der Waals surface area (Å²) in [5, 5.41) is 7.78. The van der Waals surface area contributed by atoms with Gasteiger partial charge in [0.2, 0.25) is 5.89 Å². The second kappa shape index (κ2) is 6.81. The van der Waals surface area contributed by atoms with Crippen molar-refractivity contribution in [2.24, 2.45) is 0 Å². The summed E-state index contributed by atoms with van der Waals surface area (Å²) in [5.74, 6) is 0.651. The van der Waals surface area contributed by atoms with Crippen LogP contribution in [-0.2, 0) is 11.3 Å². The molecule has 0 saturated heterocycles. The molecule has 2 aromatic rings. The molecule has 0 saturated carbocycles. The van der Waals surface area contributed by atoms with Crippen molar-refractivity contribution in [2.45, 2.75) is 25.3 Å². The van der Waals surface area contributed by atoms with E-state index >= 15 is 0 Å². The highest BCUT2D eigenvalue weighted by Crippen LogP contribution is 2.42. The van der Waals surface area contributed by atoms with Crippen LogP contribution in [0.2, 0.25) is 0 Å². The largest absolute Gasteiger partial charge is 0.462 e. The average Bonchev–Trinajstić information content (AvgIpc) is 3.00. The predicted octanol–water partition coefficient (Wildman–Crippen LogP) is 2.53. The number of aryl methyl sites for hydroxylation is 1. The van der Waals surface area contributed by atoms with Crippen LogP contribution < -0.4 is 11.1 Å². The molecule has 9 heteroatoms. The number of nitrogens with one attached hydrogen (secondary N) is 1. The van der Waals surface area contributed by atoms with E-state index in [0.29, 0.717) is 35.4 Å². The fourth-order valence-electron chi connectivity index (χ4n) is 1.67. The van der Waals surface area contributed by atoms with Gasteiger partial charge in [-0.15, -0.1) is 23.1 Å². The number of aromatic nitrogens is 2. The SMILES string of the molecule is CCOC(=O)c1sc(NCc2noc(C)n2)c(SC)c1N. The molecule has 21 heavy (non-hydrogen) atoms. The van der Waals surface area contributed by atoms with Crippen molar-refractivity contribution < 1.29 is 14.1 Å². The number of carbonyl (C=O) groups excluding carboxylic acids is 1. The number of thiophene rings is 1. The molecular weight excluding hydrogens is 312 g/mol. The Balaban J connectivity index is 2.18. The zero-order valence-electron chi connectivity index (χ0n) is 11.9. The van der Waals surface area contributed by atoms with Gasteiger partial charge in [0.25, 0.3) is 0 Å². The van der Waals surface area contributed by atoms with Crippen LogP contribution in [0.5, 0.6) is 0 Å². The van der Waals surface area contributed by atoms with Gasteiger partial charge in [-0.25, -0.2) is 4.79 Å². The monoisotopic (exact) mass is 328 g/mol. The number of esters is 1. The first kappa shape index (κ1) is 15.6. The molecule has 7 nitrogen and oxygen atoms in total. The third-order valence-corrected chi connectivity index (χ3v) is 4.65. The molecule has 3 N–H and O–H groups in total. The van der Waals surface area contributed by atoms with Crippen LogP contribution in [0.1, 0.15) is 28.3 Å². The van der Waals surface area contributed by atoms with Crippen molar-refractivity contribution in [1.82, 2.24) is 10.1 Å². The zero-order valence-corrected chi connectivity index (χ0v) is 13.6. The van der Waals surface area contributed by atoms with E-state index in [0.717, 1.165) is 9.90 Å². The molecule has 0 spiro atoms. The van der Waals surface area contributed by atoms with E-state index in [2.05, 4.69) is 15.5 Å². The molecule has 0 aliphatic heterocycles. The molecule has 2 aromatic heterocycles. The first-order valence-corrected chi connectivity index (χ1v) is 8.27. The Morgan fingerprint density at radius 1 is 1.57 bits per heavy atom. The maximum atomic E-state index is 11.9. The fraction of sp³-hybridized carbons (Fsp3) is 0.417. The number of anilines is 2. The summed E-state index contributed by atoms with van der Waals surface area (Å²) in [5.41, 5.74) is 6.46. The Kier molecular flexibility index (Phi) is 5.07. The molecular formula is C12H16N4O3S2. The van der Waals surface area contributed by atoms with E-state index in [9.17, 15) is 4.79 Å². The smallest absolute Gasteiger partial charge is 0.350 e. The number of rotatable bonds is 6. The highest BCUT2D eigenvalue weighted by atomic mass is 32.2. The van der Waals surface area contributed by atoms with Crippen LogP contribution in [-0.4, -0.2) is 29.0 Å². The Morgan fingerprint density at radius 2 is 2.33 bits per heavy atom. The molecule has 2 rings (SSSR count). The van der Waals surface area contributed by atoms with Gasteiger partial charge in [-0.3, -0.25) is 0 Å². The van der Waals surface area contributed by atoms with Gasteiger partial charge in [-0.1, -0.05) is 5.16 Å². The molecule has 0 bridgehead atoms. The normalized spacial score (nSPS) is 10.6. The number of ether oxygens (including phenoxy) is 1. The summed E-state index contributed by atoms with van der Waals surface area (Å²) in [4.78, 5) is 17.2. The first-order chi connectivity index (χ1) is 10.1. The van der Waals surface area contributed by atoms with Gasteiger partial charge in [0, 0.05) is 6.92 Å². The molecule has 0 unspecified atom stereocenters. The quantitative estimate of drug-likeness (QED) is 0.616. The zero-order chi connectivity index (χ0) is 15.4. The summed E-state index contributed by atoms with van der Waals surface area (Å²) >= 11 is 2.74. The van der Waals surface area contributed by atoms with E-state index in [1.54, 1.807) is 13.8 Å². The minimum Gasteiger partial charge on any atom is -0.462 e. The van der Waals surface area contributed by atoms with Gasteiger partial charge in [0.05, 0.1) is 23.7 Å². The number of nitrogens with zero attached hydrogens (tertiary/aromatic N) is 2. The lowest BCUT2D eigenvalue weighted by Gasteiger charge is -2.03. The van der Waals surface area contributed by atoms with Crippen LogP contribution in [0, 0.1) is 6.92 Å². The number of nitrogens with two attached hydrogens (primary N) is 1. The standard InChI is InChI=1S/C12H16N4O3S2/c1-4-18-12(17)10-8(13)9(20-3)11(21-10)14-5-7-15-6(2)19-16-7/h14H,4-5,13H2,1-3H3. The second-order valence-electron chi connectivity index (χ2n) is 4.01. The summed E-state index contributed by atoms with van der Waals surface area (Å²) in [7, 11) is 0. The fourth-order valence-corrected chi connectivity index (χ4v) is 3.59. The van der Waals surface area contributed by atoms with Gasteiger partial charge in [-0.2, -0.15) is 4.98 Å². The van der Waals surface area contributed by atoms with Crippen molar-refractivity contribution in [3.05, 3.63) is 16.6 Å². The van der Waals surface area contributed by atoms with Crippen molar-refractivity contribution >= 4 is 39.8 Å². The summed E-state index contributed by atoms with van der Waals surface area (Å²) < 4.78 is 9.91. The van der Waals surface area contributed by atoms with Crippen LogP contribution in [0.25, 0.3) is 0 Å². The highest BCUT2D eigenvalue weighted by molar-refractivity contribution is 7.99. The van der Waals surface area contributed by atoms with E-state index < -0.39 is 5.97 Å². The second-order valence-corrected chi connectivity index (χ2v) is 5.85. The highest BCUT2D eigenvalue weighted by Gasteiger charge is 2.21. The maximum Gasteiger partial charge on any atom is 0.350 e. The van der Waals surface area contributed by atoms with Crippen LogP contribution in [0.3, 0.4) is 0 Å². The Labute approximate surface area is 130 Å². The predicted molar refractivity (Wildman–Crippen MR) is 82.8 cm³/mol. The van der Waals surface area contributed by atoms with Crippen molar-refractivity contribution in [2.75, 3.05) is 23.9 Å². The maximum absolute atomic E-state index is 11.9. The summed E-state index contributed by atoms with van der Waals surface area (Å²) in [6, 6.07) is 0. The van der Waals surface area contributed by atoms with E-state index in [1.807, 2.05) is 6.26 Å². The molecule has 0 radical (unpaired) electrons. The number of thioether (sulfide) groups is 1. The summed E-state index contributed by atoms with van der Waals surface area (Å²) in [6.07, 6.45) is 1.90. The molecule has 0 aromatic carbocycles. The van der Waals surface area contributed by atoms with Crippen molar-refractivity contribution in [3.63, 3.8) is 0 Å². The molecule has 0 atom stereocenters. The van der Waals surface area contributed by atoms with Gasteiger partial charge in [0.15, 0.2) is 5.82 Å². The third-order valence-electron chi connectivity index (χ3n) is 2.54. The Hall–Kier alpha value is -1.74. The van der Waals surface area contributed by atoms with E-state index in [1.165, 1.54) is 23.1 Å². The van der Waals surface area contributed by atoms with E-state index in [-0.39, 0.29) is 0 Å². The average molecular weight is 328 g/mol. The van der Waals surface area contributed by atoms with Crippen molar-refractivity contribution in [3.8, 4) is 0 Å². The number of hydrogen-bond donors (Lipinski definition) is 2. The van der Waals surface area contributed by atoms with Crippen molar-refractivity contribution in [1.29, 1.82) is 0 Å². The third kappa shape index (κ3) is 3.48. The molecule has 2 heterocycles. The lowest BCUT2D eigenvalue weighted by Crippen LogP contribution is -2.04. The molecule has 0 fully saturated rings. The molecule has 0 aliphatic rings. The van der Waals surface area contributed by atoms with Crippen LogP contribution >= 0.6 is 23.1 Å². The van der Waals surface area contributed by atoms with Gasteiger partial charge >= 0.3 is 5.97 Å². The van der Waals surface area contributed by atoms with Gasteiger partial charge < -0.3 is 20.3 Å². The number of hydrogen-bond acceptors (Lipinski definition) is 9. The number of nitrogen functional groups attached to an aromatic ring is 1. The van der Waals surface area contributed by atoms with Crippen LogP contribution in [0.4, 0.5) is 10.7 Å². The Bertz CT molecular complexity index is 638. The van der Waals surface area contributed by atoms with Gasteiger partial charge in [0.1, 0.15) is 9.88 Å². The first-order valence-electron chi connectivity index (χ1n) is 6.23. The van der Waals surface area contributed by atoms with E-state index in [4.69, 9.17) is 15.0 Å². The van der Waals surface area contributed by atoms with Crippen LogP contribution in [0.15, 0.2) is 9.42 Å². The lowest BCUT2D eigenvalue weighted by atomic mass is 10.4. The molecule has 0 aliphatic carbocycles. The minimum absolute atomic E-state index is 0.315. The lowest BCUT2D eigenvalue weighted by molar-refractivity contribution is 0.0533. The minimum atomic E-state index is -0.404. The molecule has 0 amide bonds. The topological polar surface area (TPSA) is 103 Å². The number of carbonyl (C=O) groups is 1. The van der Waals surface area contributed by atoms with Gasteiger partial charge in [-0.05, 0) is 13.2 Å². The summed E-state index contributed by atoms with van der Waals surface area (Å²) in [6.45, 7) is 4.20. The molecule has 114 valence electrons.